The summed E-state index contributed by atoms with van der Waals surface area (Å²) >= 11 is 1.88. The van der Waals surface area contributed by atoms with Gasteiger partial charge in [0.2, 0.25) is 0 Å². The number of thioether (sulfide) groups is 1. The highest BCUT2D eigenvalue weighted by Crippen LogP contribution is 2.18. The maximum atomic E-state index is 4.73. The van der Waals surface area contributed by atoms with Gasteiger partial charge in [-0.2, -0.15) is 0 Å². The second-order valence-electron chi connectivity index (χ2n) is 5.08. The molecule has 92 valence electrons. The van der Waals surface area contributed by atoms with Crippen LogP contribution in [0.15, 0.2) is 4.99 Å². The summed E-state index contributed by atoms with van der Waals surface area (Å²) in [5.74, 6) is 2.03. The van der Waals surface area contributed by atoms with Gasteiger partial charge in [0.15, 0.2) is 5.17 Å². The normalized spacial score (nSPS) is 31.6. The van der Waals surface area contributed by atoms with Crippen molar-refractivity contribution in [1.29, 1.82) is 0 Å². The minimum atomic E-state index is 0.609. The maximum Gasteiger partial charge on any atom is 0.156 e. The fourth-order valence-corrected chi connectivity index (χ4v) is 3.32. The molecule has 0 spiro atoms. The summed E-state index contributed by atoms with van der Waals surface area (Å²) in [7, 11) is 2.21. The number of hydrogen-bond donors (Lipinski definition) is 1. The number of nitrogens with zero attached hydrogens (tertiary/aromatic N) is 2. The minimum absolute atomic E-state index is 0.609. The summed E-state index contributed by atoms with van der Waals surface area (Å²) < 4.78 is 0. The van der Waals surface area contributed by atoms with Crippen molar-refractivity contribution >= 4 is 16.9 Å². The Hall–Kier alpha value is -0.220. The first-order valence-corrected chi connectivity index (χ1v) is 7.35. The van der Waals surface area contributed by atoms with Gasteiger partial charge in [-0.1, -0.05) is 11.8 Å². The molecule has 0 bridgehead atoms. The Morgan fingerprint density at radius 2 is 2.12 bits per heavy atom. The zero-order chi connectivity index (χ0) is 11.4. The molecule has 0 aromatic carbocycles. The van der Waals surface area contributed by atoms with E-state index in [1.54, 1.807) is 0 Å². The van der Waals surface area contributed by atoms with Crippen molar-refractivity contribution in [3.8, 4) is 0 Å². The van der Waals surface area contributed by atoms with Crippen LogP contribution in [-0.2, 0) is 0 Å². The largest absolute Gasteiger partial charge is 0.362 e. The number of hydrogen-bond acceptors (Lipinski definition) is 3. The Morgan fingerprint density at radius 1 is 1.38 bits per heavy atom. The van der Waals surface area contributed by atoms with Gasteiger partial charge in [-0.3, -0.25) is 4.99 Å². The van der Waals surface area contributed by atoms with E-state index >= 15 is 0 Å². The predicted octanol–water partition coefficient (Wildman–Crippen LogP) is 1.80. The van der Waals surface area contributed by atoms with E-state index in [2.05, 4.69) is 24.2 Å². The molecule has 0 saturated carbocycles. The van der Waals surface area contributed by atoms with Crippen LogP contribution in [0.2, 0.25) is 0 Å². The quantitative estimate of drug-likeness (QED) is 0.799. The van der Waals surface area contributed by atoms with E-state index in [9.17, 15) is 0 Å². The van der Waals surface area contributed by atoms with E-state index in [4.69, 9.17) is 4.99 Å². The Kier molecular flexibility index (Phi) is 4.53. The van der Waals surface area contributed by atoms with E-state index in [-0.39, 0.29) is 0 Å². The molecular weight excluding hydrogens is 218 g/mol. The molecule has 2 heterocycles. The van der Waals surface area contributed by atoms with Crippen molar-refractivity contribution in [3.05, 3.63) is 0 Å². The Bertz CT molecular complexity index is 247. The van der Waals surface area contributed by atoms with Crippen LogP contribution < -0.4 is 5.32 Å². The summed E-state index contributed by atoms with van der Waals surface area (Å²) in [6.45, 7) is 5.75. The SMILES string of the molecule is CC1CCSC(=NCC2CCN(C)CC2)N1. The van der Waals surface area contributed by atoms with E-state index in [1.165, 1.54) is 43.3 Å². The third kappa shape index (κ3) is 3.67. The van der Waals surface area contributed by atoms with Crippen LogP contribution in [0.1, 0.15) is 26.2 Å². The topological polar surface area (TPSA) is 27.6 Å². The average Bonchev–Trinajstić information content (AvgIpc) is 2.28. The van der Waals surface area contributed by atoms with Crippen LogP contribution in [0.5, 0.6) is 0 Å². The van der Waals surface area contributed by atoms with Gasteiger partial charge in [-0.05, 0) is 52.2 Å². The molecule has 0 aliphatic carbocycles. The van der Waals surface area contributed by atoms with Crippen LogP contribution in [0, 0.1) is 5.92 Å². The zero-order valence-electron chi connectivity index (χ0n) is 10.4. The molecule has 2 aliphatic heterocycles. The third-order valence-electron chi connectivity index (χ3n) is 3.49. The molecule has 2 aliphatic rings. The second kappa shape index (κ2) is 5.92. The van der Waals surface area contributed by atoms with E-state index in [0.29, 0.717) is 6.04 Å². The summed E-state index contributed by atoms with van der Waals surface area (Å²) in [6, 6.07) is 0.609. The second-order valence-corrected chi connectivity index (χ2v) is 6.16. The smallest absolute Gasteiger partial charge is 0.156 e. The number of amidine groups is 1. The summed E-state index contributed by atoms with van der Waals surface area (Å²) in [5.41, 5.74) is 0. The first-order chi connectivity index (χ1) is 7.74. The van der Waals surface area contributed by atoms with Crippen LogP contribution in [0.4, 0.5) is 0 Å². The zero-order valence-corrected chi connectivity index (χ0v) is 11.2. The summed E-state index contributed by atoms with van der Waals surface area (Å²) in [6.07, 6.45) is 3.89. The highest BCUT2D eigenvalue weighted by Gasteiger charge is 2.17. The lowest BCUT2D eigenvalue weighted by molar-refractivity contribution is 0.224. The van der Waals surface area contributed by atoms with Gasteiger partial charge in [-0.15, -0.1) is 0 Å². The number of aliphatic imine (C=N–C) groups is 1. The molecule has 4 heteroatoms. The number of piperidine rings is 1. The summed E-state index contributed by atoms with van der Waals surface area (Å²) in [5, 5.41) is 4.65. The van der Waals surface area contributed by atoms with Crippen LogP contribution >= 0.6 is 11.8 Å². The van der Waals surface area contributed by atoms with Gasteiger partial charge in [-0.25, -0.2) is 0 Å². The minimum Gasteiger partial charge on any atom is -0.362 e. The standard InChI is InChI=1S/C12H23N3S/c1-10-5-8-16-12(14-10)13-9-11-3-6-15(2)7-4-11/h10-11H,3-9H2,1-2H3,(H,13,14). The van der Waals surface area contributed by atoms with Gasteiger partial charge >= 0.3 is 0 Å². The van der Waals surface area contributed by atoms with Crippen molar-refractivity contribution in [1.82, 2.24) is 10.2 Å². The molecule has 1 N–H and O–H groups in total. The van der Waals surface area contributed by atoms with Crippen molar-refractivity contribution in [3.63, 3.8) is 0 Å². The highest BCUT2D eigenvalue weighted by molar-refractivity contribution is 8.13. The molecule has 2 rings (SSSR count). The maximum absolute atomic E-state index is 4.73. The number of nitrogens with one attached hydrogen (secondary N) is 1. The van der Waals surface area contributed by atoms with Crippen molar-refractivity contribution < 1.29 is 0 Å². The fraction of sp³-hybridized carbons (Fsp3) is 0.917. The molecule has 0 radical (unpaired) electrons. The van der Waals surface area contributed by atoms with Crippen molar-refractivity contribution in [2.75, 3.05) is 32.4 Å². The predicted molar refractivity (Wildman–Crippen MR) is 72.2 cm³/mol. The van der Waals surface area contributed by atoms with Gasteiger partial charge in [0.25, 0.3) is 0 Å². The van der Waals surface area contributed by atoms with Crippen LogP contribution in [-0.4, -0.2) is 48.5 Å². The molecule has 3 nitrogen and oxygen atoms in total. The highest BCUT2D eigenvalue weighted by atomic mass is 32.2. The molecule has 1 atom stereocenters. The lowest BCUT2D eigenvalue weighted by atomic mass is 9.97. The monoisotopic (exact) mass is 241 g/mol. The lowest BCUT2D eigenvalue weighted by Gasteiger charge is -2.28. The van der Waals surface area contributed by atoms with E-state index in [0.717, 1.165) is 12.5 Å². The molecule has 16 heavy (non-hydrogen) atoms. The molecular formula is C12H23N3S. The molecule has 2 saturated heterocycles. The molecule has 2 fully saturated rings. The van der Waals surface area contributed by atoms with Crippen LogP contribution in [0.25, 0.3) is 0 Å². The number of likely N-dealkylation sites (tertiary alicyclic amines) is 1. The summed E-state index contributed by atoms with van der Waals surface area (Å²) in [4.78, 5) is 7.15. The lowest BCUT2D eigenvalue weighted by Crippen LogP contribution is -2.36. The molecule has 1 unspecified atom stereocenters. The Balaban J connectivity index is 1.75. The fourth-order valence-electron chi connectivity index (χ4n) is 2.20. The van der Waals surface area contributed by atoms with E-state index in [1.807, 2.05) is 11.8 Å². The number of rotatable bonds is 2. The Morgan fingerprint density at radius 3 is 2.81 bits per heavy atom. The van der Waals surface area contributed by atoms with Crippen LogP contribution in [0.3, 0.4) is 0 Å². The van der Waals surface area contributed by atoms with E-state index < -0.39 is 0 Å². The first kappa shape index (κ1) is 12.2. The third-order valence-corrected chi connectivity index (χ3v) is 4.45. The van der Waals surface area contributed by atoms with Gasteiger partial charge < -0.3 is 10.2 Å². The van der Waals surface area contributed by atoms with Gasteiger partial charge in [0.05, 0.1) is 0 Å². The molecule has 0 amide bonds. The average molecular weight is 241 g/mol. The molecule has 0 aromatic heterocycles. The van der Waals surface area contributed by atoms with Gasteiger partial charge in [0.1, 0.15) is 0 Å². The Labute approximate surface area is 103 Å². The first-order valence-electron chi connectivity index (χ1n) is 6.36. The van der Waals surface area contributed by atoms with Gasteiger partial charge in [0, 0.05) is 18.3 Å². The molecule has 0 aromatic rings. The van der Waals surface area contributed by atoms with Crippen molar-refractivity contribution in [2.24, 2.45) is 10.9 Å². The van der Waals surface area contributed by atoms with Crippen molar-refractivity contribution in [2.45, 2.75) is 32.2 Å².